The van der Waals surface area contributed by atoms with Gasteiger partial charge < -0.3 is 5.73 Å². The lowest BCUT2D eigenvalue weighted by Gasteiger charge is -2.04. The Hall–Kier alpha value is -1.26. The summed E-state index contributed by atoms with van der Waals surface area (Å²) >= 11 is 9.98. The fourth-order valence-electron chi connectivity index (χ4n) is 1.35. The molecule has 5 heteroatoms. The molecule has 0 fully saturated rings. The van der Waals surface area contributed by atoms with E-state index in [1.807, 2.05) is 30.3 Å². The average molecular weight is 252 g/mol. The Bertz CT molecular complexity index is 479. The molecule has 1 aromatic carbocycles. The number of anilines is 1. The van der Waals surface area contributed by atoms with E-state index in [9.17, 15) is 0 Å². The third-order valence-corrected chi connectivity index (χ3v) is 2.97. The summed E-state index contributed by atoms with van der Waals surface area (Å²) in [5, 5.41) is 0.293. The topological polar surface area (TPSA) is 51.8 Å². The van der Waals surface area contributed by atoms with Crippen LogP contribution in [0.2, 0.25) is 5.15 Å². The molecule has 2 N–H and O–H groups in total. The molecule has 2 rings (SSSR count). The monoisotopic (exact) mass is 251 g/mol. The van der Waals surface area contributed by atoms with Crippen LogP contribution >= 0.6 is 24.2 Å². The van der Waals surface area contributed by atoms with E-state index in [4.69, 9.17) is 17.3 Å². The standard InChI is InChI=1S/C11H10ClN3S/c12-10-9(16)11(13)15-8(14-10)6-7-4-2-1-3-5-7/h1-5,16H,6H2,(H2,13,14,15). The first-order valence-electron chi connectivity index (χ1n) is 4.71. The SMILES string of the molecule is Nc1nc(Cc2ccccc2)nc(Cl)c1S. The van der Waals surface area contributed by atoms with Crippen molar-refractivity contribution in [3.63, 3.8) is 0 Å². The van der Waals surface area contributed by atoms with Crippen molar-refractivity contribution >= 4 is 30.0 Å². The van der Waals surface area contributed by atoms with Crippen molar-refractivity contribution in [2.45, 2.75) is 11.3 Å². The second-order valence-electron chi connectivity index (χ2n) is 3.33. The molecule has 0 atom stereocenters. The number of hydrogen-bond donors (Lipinski definition) is 2. The second kappa shape index (κ2) is 4.72. The van der Waals surface area contributed by atoms with Crippen molar-refractivity contribution in [2.24, 2.45) is 0 Å². The first kappa shape index (κ1) is 11.2. The quantitative estimate of drug-likeness (QED) is 0.637. The van der Waals surface area contributed by atoms with E-state index >= 15 is 0 Å². The predicted octanol–water partition coefficient (Wildman–Crippen LogP) is 2.59. The molecule has 0 radical (unpaired) electrons. The minimum atomic E-state index is 0.293. The number of nitrogens with zero attached hydrogens (tertiary/aromatic N) is 2. The minimum Gasteiger partial charge on any atom is -0.383 e. The second-order valence-corrected chi connectivity index (χ2v) is 4.13. The molecule has 82 valence electrons. The first-order chi connectivity index (χ1) is 7.66. The van der Waals surface area contributed by atoms with Crippen LogP contribution in [-0.4, -0.2) is 9.97 Å². The van der Waals surface area contributed by atoms with E-state index in [2.05, 4.69) is 22.6 Å². The van der Waals surface area contributed by atoms with Gasteiger partial charge in [-0.05, 0) is 5.56 Å². The number of hydrogen-bond acceptors (Lipinski definition) is 4. The molecular formula is C11H10ClN3S. The first-order valence-corrected chi connectivity index (χ1v) is 5.54. The lowest BCUT2D eigenvalue weighted by Crippen LogP contribution is -2.02. The van der Waals surface area contributed by atoms with Crippen molar-refractivity contribution in [1.82, 2.24) is 9.97 Å². The summed E-state index contributed by atoms with van der Waals surface area (Å²) in [6.07, 6.45) is 0.610. The van der Waals surface area contributed by atoms with Crippen LogP contribution in [0.1, 0.15) is 11.4 Å². The summed E-state index contributed by atoms with van der Waals surface area (Å²) in [6.45, 7) is 0. The number of rotatable bonds is 2. The van der Waals surface area contributed by atoms with E-state index in [1.54, 1.807) is 0 Å². The predicted molar refractivity (Wildman–Crippen MR) is 68.0 cm³/mol. The number of thiol groups is 1. The van der Waals surface area contributed by atoms with Gasteiger partial charge in [-0.3, -0.25) is 0 Å². The maximum atomic E-state index is 5.88. The van der Waals surface area contributed by atoms with Crippen LogP contribution in [0.3, 0.4) is 0 Å². The Kier molecular flexibility index (Phi) is 3.31. The van der Waals surface area contributed by atoms with E-state index in [0.29, 0.717) is 28.1 Å². The zero-order chi connectivity index (χ0) is 11.5. The van der Waals surface area contributed by atoms with Gasteiger partial charge in [-0.15, -0.1) is 12.6 Å². The molecule has 16 heavy (non-hydrogen) atoms. The van der Waals surface area contributed by atoms with Crippen LogP contribution in [0.15, 0.2) is 35.2 Å². The van der Waals surface area contributed by atoms with Gasteiger partial charge in [0.15, 0.2) is 0 Å². The number of benzene rings is 1. The van der Waals surface area contributed by atoms with Crippen molar-refractivity contribution in [3.8, 4) is 0 Å². The zero-order valence-corrected chi connectivity index (χ0v) is 10.0. The highest BCUT2D eigenvalue weighted by Crippen LogP contribution is 2.23. The van der Waals surface area contributed by atoms with Crippen LogP contribution in [-0.2, 0) is 6.42 Å². The molecule has 0 aliphatic heterocycles. The molecule has 0 unspecified atom stereocenters. The summed E-state index contributed by atoms with van der Waals surface area (Å²) < 4.78 is 0. The minimum absolute atomic E-state index is 0.293. The Morgan fingerprint density at radius 3 is 2.50 bits per heavy atom. The van der Waals surface area contributed by atoms with Gasteiger partial charge >= 0.3 is 0 Å². The molecule has 0 aliphatic rings. The van der Waals surface area contributed by atoms with Gasteiger partial charge in [0.1, 0.15) is 16.8 Å². The summed E-state index contributed by atoms with van der Waals surface area (Å²) in [4.78, 5) is 8.69. The molecular weight excluding hydrogens is 242 g/mol. The van der Waals surface area contributed by atoms with Crippen LogP contribution in [0.5, 0.6) is 0 Å². The van der Waals surface area contributed by atoms with Crippen molar-refractivity contribution < 1.29 is 0 Å². The average Bonchev–Trinajstić information content (AvgIpc) is 2.27. The molecule has 0 aliphatic carbocycles. The van der Waals surface area contributed by atoms with E-state index in [0.717, 1.165) is 5.56 Å². The Morgan fingerprint density at radius 2 is 1.88 bits per heavy atom. The third kappa shape index (κ3) is 2.46. The third-order valence-electron chi connectivity index (χ3n) is 2.12. The molecule has 0 bridgehead atoms. The van der Waals surface area contributed by atoms with Gasteiger partial charge in [0, 0.05) is 6.42 Å². The summed E-state index contributed by atoms with van der Waals surface area (Å²) in [5.74, 6) is 0.917. The fraction of sp³-hybridized carbons (Fsp3) is 0.0909. The lowest BCUT2D eigenvalue weighted by molar-refractivity contribution is 0.951. The van der Waals surface area contributed by atoms with Crippen molar-refractivity contribution in [2.75, 3.05) is 5.73 Å². The molecule has 0 amide bonds. The normalized spacial score (nSPS) is 10.4. The molecule has 0 saturated carbocycles. The van der Waals surface area contributed by atoms with Gasteiger partial charge in [-0.2, -0.15) is 0 Å². The highest BCUT2D eigenvalue weighted by atomic mass is 35.5. The summed E-state index contributed by atoms with van der Waals surface area (Å²) in [7, 11) is 0. The number of aromatic nitrogens is 2. The largest absolute Gasteiger partial charge is 0.383 e. The maximum absolute atomic E-state index is 5.88. The van der Waals surface area contributed by atoms with Crippen molar-refractivity contribution in [1.29, 1.82) is 0 Å². The number of halogens is 1. The molecule has 1 aromatic heterocycles. The lowest BCUT2D eigenvalue weighted by atomic mass is 10.1. The van der Waals surface area contributed by atoms with Crippen LogP contribution < -0.4 is 5.73 Å². The highest BCUT2D eigenvalue weighted by molar-refractivity contribution is 7.80. The van der Waals surface area contributed by atoms with Gasteiger partial charge in [-0.25, -0.2) is 9.97 Å². The molecule has 2 aromatic rings. The Morgan fingerprint density at radius 1 is 1.19 bits per heavy atom. The van der Waals surface area contributed by atoms with E-state index in [-0.39, 0.29) is 0 Å². The Balaban J connectivity index is 2.29. The van der Waals surface area contributed by atoms with Gasteiger partial charge in [0.05, 0.1) is 4.90 Å². The molecule has 0 saturated heterocycles. The number of nitrogens with two attached hydrogens (primary N) is 1. The van der Waals surface area contributed by atoms with Crippen LogP contribution in [0.25, 0.3) is 0 Å². The molecule has 1 heterocycles. The van der Waals surface area contributed by atoms with Gasteiger partial charge in [0.25, 0.3) is 0 Å². The zero-order valence-electron chi connectivity index (χ0n) is 8.39. The molecule has 3 nitrogen and oxygen atoms in total. The maximum Gasteiger partial charge on any atom is 0.148 e. The smallest absolute Gasteiger partial charge is 0.148 e. The summed E-state index contributed by atoms with van der Waals surface area (Å²) in [5.41, 5.74) is 6.78. The van der Waals surface area contributed by atoms with Gasteiger partial charge in [-0.1, -0.05) is 41.9 Å². The van der Waals surface area contributed by atoms with Crippen LogP contribution in [0, 0.1) is 0 Å². The van der Waals surface area contributed by atoms with Crippen LogP contribution in [0.4, 0.5) is 5.82 Å². The van der Waals surface area contributed by atoms with Crippen molar-refractivity contribution in [3.05, 3.63) is 46.9 Å². The Labute approximate surface area is 104 Å². The van der Waals surface area contributed by atoms with E-state index < -0.39 is 0 Å². The number of nitrogen functional groups attached to an aromatic ring is 1. The molecule has 0 spiro atoms. The van der Waals surface area contributed by atoms with Gasteiger partial charge in [0.2, 0.25) is 0 Å². The highest BCUT2D eigenvalue weighted by Gasteiger charge is 2.07. The van der Waals surface area contributed by atoms with E-state index in [1.165, 1.54) is 0 Å². The fourth-order valence-corrected chi connectivity index (χ4v) is 1.64. The summed E-state index contributed by atoms with van der Waals surface area (Å²) in [6, 6.07) is 9.90.